The lowest BCUT2D eigenvalue weighted by molar-refractivity contribution is 0.483. The number of fused-ring (bicyclic) bond motifs is 1. The van der Waals surface area contributed by atoms with E-state index < -0.39 is 0 Å². The van der Waals surface area contributed by atoms with E-state index in [1.165, 1.54) is 17.5 Å². The van der Waals surface area contributed by atoms with Gasteiger partial charge in [-0.15, -0.1) is 0 Å². The third kappa shape index (κ3) is 3.83. The summed E-state index contributed by atoms with van der Waals surface area (Å²) in [4.78, 5) is 0. The van der Waals surface area contributed by atoms with E-state index in [-0.39, 0.29) is 5.82 Å². The van der Waals surface area contributed by atoms with Crippen LogP contribution < -0.4 is 10.1 Å². The zero-order valence-corrected chi connectivity index (χ0v) is 14.2. The lowest BCUT2D eigenvalue weighted by Crippen LogP contribution is -1.99. The lowest BCUT2D eigenvalue weighted by atomic mass is 10.1. The van der Waals surface area contributed by atoms with E-state index in [0.29, 0.717) is 6.54 Å². The molecule has 0 saturated heterocycles. The first-order valence-corrected chi connectivity index (χ1v) is 8.51. The van der Waals surface area contributed by atoms with Crippen LogP contribution in [0.3, 0.4) is 0 Å². The summed E-state index contributed by atoms with van der Waals surface area (Å²) in [7, 11) is 0. The Morgan fingerprint density at radius 3 is 2.38 bits per heavy atom. The van der Waals surface area contributed by atoms with E-state index in [0.717, 1.165) is 28.1 Å². The van der Waals surface area contributed by atoms with Gasteiger partial charge in [0.05, 0.1) is 0 Å². The Labute approximate surface area is 151 Å². The van der Waals surface area contributed by atoms with Gasteiger partial charge in [-0.05, 0) is 52.7 Å². The van der Waals surface area contributed by atoms with Crippen LogP contribution in [-0.4, -0.2) is 0 Å². The van der Waals surface area contributed by atoms with Crippen LogP contribution in [0.1, 0.15) is 5.56 Å². The highest BCUT2D eigenvalue weighted by Crippen LogP contribution is 2.27. The van der Waals surface area contributed by atoms with Crippen LogP contribution in [0.2, 0.25) is 0 Å². The highest BCUT2D eigenvalue weighted by molar-refractivity contribution is 5.83. The smallest absolute Gasteiger partial charge is 0.129 e. The first kappa shape index (κ1) is 16.2. The molecule has 0 spiro atoms. The number of rotatable bonds is 5. The van der Waals surface area contributed by atoms with Crippen LogP contribution >= 0.6 is 0 Å². The van der Waals surface area contributed by atoms with Gasteiger partial charge in [0, 0.05) is 18.3 Å². The molecule has 0 unspecified atom stereocenters. The SMILES string of the molecule is Fc1cccc(CNc2cccc(Oc3ccc4ccccc4c3)c2)c1. The van der Waals surface area contributed by atoms with Crippen LogP contribution in [0.15, 0.2) is 91.0 Å². The summed E-state index contributed by atoms with van der Waals surface area (Å²) in [5.41, 5.74) is 1.82. The monoisotopic (exact) mass is 343 g/mol. The standard InChI is InChI=1S/C23H18FNO/c24-20-8-3-5-17(13-20)16-25-21-9-4-10-22(15-21)26-23-12-11-18-6-1-2-7-19(18)14-23/h1-15,25H,16H2. The number of nitrogens with one attached hydrogen (secondary N) is 1. The summed E-state index contributed by atoms with van der Waals surface area (Å²) in [6.45, 7) is 0.553. The van der Waals surface area contributed by atoms with Gasteiger partial charge in [-0.25, -0.2) is 4.39 Å². The first-order chi connectivity index (χ1) is 12.8. The molecule has 0 radical (unpaired) electrons. The predicted octanol–water partition coefficient (Wildman–Crippen LogP) is 6.38. The zero-order valence-electron chi connectivity index (χ0n) is 14.2. The van der Waals surface area contributed by atoms with Crippen LogP contribution in [0.5, 0.6) is 11.5 Å². The molecule has 0 fully saturated rings. The summed E-state index contributed by atoms with van der Waals surface area (Å²) in [5.74, 6) is 1.33. The van der Waals surface area contributed by atoms with Crippen molar-refractivity contribution in [2.45, 2.75) is 6.54 Å². The van der Waals surface area contributed by atoms with E-state index in [4.69, 9.17) is 4.74 Å². The average molecular weight is 343 g/mol. The average Bonchev–Trinajstić information content (AvgIpc) is 2.67. The molecule has 3 heteroatoms. The second kappa shape index (κ2) is 7.28. The Bertz CT molecular complexity index is 1040. The fraction of sp³-hybridized carbons (Fsp3) is 0.0435. The van der Waals surface area contributed by atoms with E-state index in [1.54, 1.807) is 6.07 Å². The number of halogens is 1. The normalized spacial score (nSPS) is 10.7. The molecule has 0 heterocycles. The van der Waals surface area contributed by atoms with E-state index in [1.807, 2.05) is 54.6 Å². The number of anilines is 1. The van der Waals surface area contributed by atoms with Crippen molar-refractivity contribution in [3.05, 3.63) is 102 Å². The molecule has 0 aliphatic carbocycles. The third-order valence-electron chi connectivity index (χ3n) is 4.18. The quantitative estimate of drug-likeness (QED) is 0.454. The maximum absolute atomic E-state index is 13.3. The molecule has 0 amide bonds. The topological polar surface area (TPSA) is 21.3 Å². The molecule has 4 aromatic carbocycles. The highest BCUT2D eigenvalue weighted by Gasteiger charge is 2.02. The molecule has 4 rings (SSSR count). The van der Waals surface area contributed by atoms with Crippen LogP contribution in [-0.2, 0) is 6.54 Å². The summed E-state index contributed by atoms with van der Waals surface area (Å²) < 4.78 is 19.3. The lowest BCUT2D eigenvalue weighted by Gasteiger charge is -2.10. The van der Waals surface area contributed by atoms with Crippen molar-refractivity contribution in [3.8, 4) is 11.5 Å². The molecule has 0 bridgehead atoms. The molecule has 4 aromatic rings. The minimum absolute atomic E-state index is 0.224. The van der Waals surface area contributed by atoms with Gasteiger partial charge >= 0.3 is 0 Å². The molecule has 0 aromatic heterocycles. The Morgan fingerprint density at radius 1 is 0.692 bits per heavy atom. The van der Waals surface area contributed by atoms with Gasteiger partial charge in [-0.3, -0.25) is 0 Å². The maximum Gasteiger partial charge on any atom is 0.129 e. The van der Waals surface area contributed by atoms with Crippen molar-refractivity contribution >= 4 is 16.5 Å². The Balaban J connectivity index is 1.48. The van der Waals surface area contributed by atoms with Crippen molar-refractivity contribution in [1.82, 2.24) is 0 Å². The van der Waals surface area contributed by atoms with Gasteiger partial charge in [-0.1, -0.05) is 48.5 Å². The van der Waals surface area contributed by atoms with Gasteiger partial charge in [-0.2, -0.15) is 0 Å². The number of hydrogen-bond acceptors (Lipinski definition) is 2. The fourth-order valence-corrected chi connectivity index (χ4v) is 2.89. The second-order valence-electron chi connectivity index (χ2n) is 6.12. The Hall–Kier alpha value is -3.33. The molecule has 0 aliphatic rings. The number of ether oxygens (including phenoxy) is 1. The van der Waals surface area contributed by atoms with Crippen molar-refractivity contribution in [2.24, 2.45) is 0 Å². The zero-order chi connectivity index (χ0) is 17.8. The Morgan fingerprint density at radius 2 is 1.50 bits per heavy atom. The second-order valence-corrected chi connectivity index (χ2v) is 6.12. The van der Waals surface area contributed by atoms with E-state index in [9.17, 15) is 4.39 Å². The summed E-state index contributed by atoms with van der Waals surface area (Å²) >= 11 is 0. The van der Waals surface area contributed by atoms with E-state index in [2.05, 4.69) is 23.5 Å². The minimum Gasteiger partial charge on any atom is -0.457 e. The van der Waals surface area contributed by atoms with Crippen molar-refractivity contribution in [2.75, 3.05) is 5.32 Å². The third-order valence-corrected chi connectivity index (χ3v) is 4.18. The summed E-state index contributed by atoms with van der Waals surface area (Å²) in [6, 6.07) is 28.6. The molecule has 0 atom stereocenters. The molecule has 2 nitrogen and oxygen atoms in total. The van der Waals surface area contributed by atoms with Gasteiger partial charge in [0.1, 0.15) is 17.3 Å². The molecule has 1 N–H and O–H groups in total. The predicted molar refractivity (Wildman–Crippen MR) is 104 cm³/mol. The van der Waals surface area contributed by atoms with Gasteiger partial charge < -0.3 is 10.1 Å². The molecular weight excluding hydrogens is 325 g/mol. The van der Waals surface area contributed by atoms with Crippen molar-refractivity contribution in [3.63, 3.8) is 0 Å². The van der Waals surface area contributed by atoms with E-state index >= 15 is 0 Å². The molecule has 128 valence electrons. The summed E-state index contributed by atoms with van der Waals surface area (Å²) in [6.07, 6.45) is 0. The van der Waals surface area contributed by atoms with Crippen LogP contribution in [0.4, 0.5) is 10.1 Å². The molecule has 26 heavy (non-hydrogen) atoms. The molecule has 0 aliphatic heterocycles. The van der Waals surface area contributed by atoms with Crippen LogP contribution in [0, 0.1) is 5.82 Å². The van der Waals surface area contributed by atoms with Crippen molar-refractivity contribution < 1.29 is 9.13 Å². The van der Waals surface area contributed by atoms with Crippen LogP contribution in [0.25, 0.3) is 10.8 Å². The largest absolute Gasteiger partial charge is 0.457 e. The highest BCUT2D eigenvalue weighted by atomic mass is 19.1. The summed E-state index contributed by atoms with van der Waals surface area (Å²) in [5, 5.41) is 5.63. The number of hydrogen-bond donors (Lipinski definition) is 1. The van der Waals surface area contributed by atoms with Gasteiger partial charge in [0.15, 0.2) is 0 Å². The number of benzene rings is 4. The van der Waals surface area contributed by atoms with Gasteiger partial charge in [0.25, 0.3) is 0 Å². The Kier molecular flexibility index (Phi) is 4.52. The molecule has 0 saturated carbocycles. The van der Waals surface area contributed by atoms with Gasteiger partial charge in [0.2, 0.25) is 0 Å². The minimum atomic E-state index is -0.224. The maximum atomic E-state index is 13.3. The molecular formula is C23H18FNO. The fourth-order valence-electron chi connectivity index (χ4n) is 2.89. The van der Waals surface area contributed by atoms with Crippen molar-refractivity contribution in [1.29, 1.82) is 0 Å². The first-order valence-electron chi connectivity index (χ1n) is 8.51.